The molecule has 1 aliphatic rings. The average molecular weight is 302 g/mol. The van der Waals surface area contributed by atoms with E-state index >= 15 is 0 Å². The summed E-state index contributed by atoms with van der Waals surface area (Å²) in [6, 6.07) is 5.34. The molecule has 0 aliphatic carbocycles. The molecule has 1 aliphatic heterocycles. The lowest BCUT2D eigenvalue weighted by atomic mass is 10.1. The molecule has 0 bridgehead atoms. The van der Waals surface area contributed by atoms with Crippen molar-refractivity contribution in [3.8, 4) is 0 Å². The number of likely N-dealkylation sites (N-methyl/N-ethyl adjacent to an activating group) is 1. The lowest BCUT2D eigenvalue weighted by Gasteiger charge is -2.32. The van der Waals surface area contributed by atoms with Crippen LogP contribution in [0.15, 0.2) is 18.2 Å². The number of anilines is 1. The highest BCUT2D eigenvalue weighted by Crippen LogP contribution is 2.25. The first kappa shape index (κ1) is 14.4. The second-order valence-electron chi connectivity index (χ2n) is 4.63. The number of carbonyl (C=O) groups excluding carboxylic acids is 1. The summed E-state index contributed by atoms with van der Waals surface area (Å²) in [5.41, 5.74) is 0.658. The van der Waals surface area contributed by atoms with Crippen molar-refractivity contribution in [2.45, 2.75) is 18.9 Å². The van der Waals surface area contributed by atoms with E-state index in [1.165, 1.54) is 0 Å². The normalized spacial score (nSPS) is 19.3. The molecule has 104 valence electrons. The summed E-state index contributed by atoms with van der Waals surface area (Å²) in [7, 11) is 1.92. The summed E-state index contributed by atoms with van der Waals surface area (Å²) in [6.07, 6.45) is 2.12. The van der Waals surface area contributed by atoms with Gasteiger partial charge in [0.15, 0.2) is 0 Å². The molecule has 0 saturated carbocycles. The molecule has 1 aromatic carbocycles. The number of nitrogens with one attached hydrogen (secondary N) is 2. The topological polar surface area (TPSA) is 44.4 Å². The number of likely N-dealkylation sites (tertiary alicyclic amines) is 1. The first-order valence-electron chi connectivity index (χ1n) is 6.28. The fourth-order valence-electron chi connectivity index (χ4n) is 2.17. The predicted octanol–water partition coefficient (Wildman–Crippen LogP) is 3.21. The van der Waals surface area contributed by atoms with Crippen LogP contribution < -0.4 is 10.6 Å². The molecule has 0 aromatic heterocycles. The number of rotatable bonds is 2. The van der Waals surface area contributed by atoms with Gasteiger partial charge in [-0.05, 0) is 38.1 Å². The van der Waals surface area contributed by atoms with Crippen LogP contribution >= 0.6 is 23.2 Å². The number of carbonyl (C=O) groups is 1. The molecule has 1 unspecified atom stereocenters. The molecular weight excluding hydrogens is 285 g/mol. The van der Waals surface area contributed by atoms with Crippen LogP contribution in [-0.2, 0) is 0 Å². The van der Waals surface area contributed by atoms with Gasteiger partial charge < -0.3 is 15.5 Å². The number of amides is 2. The Morgan fingerprint density at radius 3 is 2.84 bits per heavy atom. The van der Waals surface area contributed by atoms with Gasteiger partial charge >= 0.3 is 6.03 Å². The van der Waals surface area contributed by atoms with E-state index in [4.69, 9.17) is 23.2 Å². The van der Waals surface area contributed by atoms with Crippen molar-refractivity contribution in [1.29, 1.82) is 0 Å². The minimum Gasteiger partial charge on any atom is -0.323 e. The van der Waals surface area contributed by atoms with Crippen molar-refractivity contribution in [2.24, 2.45) is 0 Å². The number of hydrogen-bond acceptors (Lipinski definition) is 2. The van der Waals surface area contributed by atoms with Gasteiger partial charge in [-0.2, -0.15) is 0 Å². The van der Waals surface area contributed by atoms with Gasteiger partial charge in [0, 0.05) is 24.8 Å². The summed E-state index contributed by atoms with van der Waals surface area (Å²) >= 11 is 11.8. The van der Waals surface area contributed by atoms with E-state index in [-0.39, 0.29) is 6.03 Å². The van der Waals surface area contributed by atoms with E-state index in [1.54, 1.807) is 18.2 Å². The molecule has 19 heavy (non-hydrogen) atoms. The lowest BCUT2D eigenvalue weighted by molar-refractivity contribution is 0.187. The number of halogens is 2. The highest BCUT2D eigenvalue weighted by atomic mass is 35.5. The smallest absolute Gasteiger partial charge is 0.321 e. The Kier molecular flexibility index (Phi) is 4.91. The first-order chi connectivity index (χ1) is 9.10. The molecule has 1 saturated heterocycles. The Hall–Kier alpha value is -0.970. The molecule has 0 spiro atoms. The van der Waals surface area contributed by atoms with Crippen LogP contribution in [0.25, 0.3) is 0 Å². The standard InChI is InChI=1S/C13H17Cl2N3O/c1-16-10-3-2-6-18(8-10)13(19)17-9-4-5-11(14)12(15)7-9/h4-5,7,10,16H,2-3,6,8H2,1H3,(H,17,19). The van der Waals surface area contributed by atoms with Crippen molar-refractivity contribution in [2.75, 3.05) is 25.5 Å². The molecule has 2 amide bonds. The maximum atomic E-state index is 12.1. The zero-order valence-electron chi connectivity index (χ0n) is 10.7. The van der Waals surface area contributed by atoms with Crippen LogP contribution in [0, 0.1) is 0 Å². The molecule has 0 radical (unpaired) electrons. The van der Waals surface area contributed by atoms with Crippen LogP contribution in [-0.4, -0.2) is 37.1 Å². The maximum absolute atomic E-state index is 12.1. The molecule has 6 heteroatoms. The monoisotopic (exact) mass is 301 g/mol. The van der Waals surface area contributed by atoms with E-state index in [2.05, 4.69) is 10.6 Å². The highest BCUT2D eigenvalue weighted by Gasteiger charge is 2.22. The minimum atomic E-state index is -0.0988. The fraction of sp³-hybridized carbons (Fsp3) is 0.462. The van der Waals surface area contributed by atoms with Gasteiger partial charge in [-0.25, -0.2) is 4.79 Å². The van der Waals surface area contributed by atoms with E-state index in [0.29, 0.717) is 21.8 Å². The van der Waals surface area contributed by atoms with E-state index < -0.39 is 0 Å². The molecule has 1 atom stereocenters. The highest BCUT2D eigenvalue weighted by molar-refractivity contribution is 6.42. The molecule has 2 N–H and O–H groups in total. The van der Waals surface area contributed by atoms with Gasteiger partial charge in [0.1, 0.15) is 0 Å². The van der Waals surface area contributed by atoms with Crippen molar-refractivity contribution >= 4 is 34.9 Å². The maximum Gasteiger partial charge on any atom is 0.321 e. The number of piperidine rings is 1. The largest absolute Gasteiger partial charge is 0.323 e. The van der Waals surface area contributed by atoms with Gasteiger partial charge in [0.05, 0.1) is 10.0 Å². The molecule has 1 heterocycles. The van der Waals surface area contributed by atoms with E-state index in [0.717, 1.165) is 25.9 Å². The van der Waals surface area contributed by atoms with E-state index in [1.807, 2.05) is 11.9 Å². The molecular formula is C13H17Cl2N3O. The zero-order chi connectivity index (χ0) is 13.8. The van der Waals surface area contributed by atoms with Gasteiger partial charge in [0.2, 0.25) is 0 Å². The molecule has 2 rings (SSSR count). The Labute approximate surface area is 123 Å². The van der Waals surface area contributed by atoms with Crippen molar-refractivity contribution in [3.05, 3.63) is 28.2 Å². The van der Waals surface area contributed by atoms with Gasteiger partial charge in [-0.15, -0.1) is 0 Å². The Bertz CT molecular complexity index is 467. The van der Waals surface area contributed by atoms with Crippen molar-refractivity contribution in [3.63, 3.8) is 0 Å². The van der Waals surface area contributed by atoms with Crippen LogP contribution in [0.5, 0.6) is 0 Å². The molecule has 1 fully saturated rings. The molecule has 1 aromatic rings. The van der Waals surface area contributed by atoms with Crippen LogP contribution in [0.1, 0.15) is 12.8 Å². The quantitative estimate of drug-likeness (QED) is 0.881. The van der Waals surface area contributed by atoms with Gasteiger partial charge in [-0.1, -0.05) is 23.2 Å². The minimum absolute atomic E-state index is 0.0988. The molecule has 4 nitrogen and oxygen atoms in total. The number of hydrogen-bond donors (Lipinski definition) is 2. The summed E-state index contributed by atoms with van der Waals surface area (Å²) in [6.45, 7) is 1.51. The number of nitrogens with zero attached hydrogens (tertiary/aromatic N) is 1. The van der Waals surface area contributed by atoms with Gasteiger partial charge in [-0.3, -0.25) is 0 Å². The summed E-state index contributed by atoms with van der Waals surface area (Å²) < 4.78 is 0. The second kappa shape index (κ2) is 6.46. The summed E-state index contributed by atoms with van der Waals surface area (Å²) in [5.74, 6) is 0. The van der Waals surface area contributed by atoms with Crippen LogP contribution in [0.4, 0.5) is 10.5 Å². The van der Waals surface area contributed by atoms with Crippen LogP contribution in [0.3, 0.4) is 0 Å². The van der Waals surface area contributed by atoms with Crippen molar-refractivity contribution in [1.82, 2.24) is 10.2 Å². The van der Waals surface area contributed by atoms with Crippen molar-refractivity contribution < 1.29 is 4.79 Å². The Morgan fingerprint density at radius 2 is 2.16 bits per heavy atom. The summed E-state index contributed by atoms with van der Waals surface area (Å²) in [4.78, 5) is 13.9. The second-order valence-corrected chi connectivity index (χ2v) is 5.45. The van der Waals surface area contributed by atoms with Crippen LogP contribution in [0.2, 0.25) is 10.0 Å². The lowest BCUT2D eigenvalue weighted by Crippen LogP contribution is -2.48. The third-order valence-corrected chi connectivity index (χ3v) is 4.03. The van der Waals surface area contributed by atoms with Gasteiger partial charge in [0.25, 0.3) is 0 Å². The first-order valence-corrected chi connectivity index (χ1v) is 7.04. The number of urea groups is 1. The Balaban J connectivity index is 1.98. The Morgan fingerprint density at radius 1 is 1.37 bits per heavy atom. The zero-order valence-corrected chi connectivity index (χ0v) is 12.3. The average Bonchev–Trinajstić information content (AvgIpc) is 2.43. The SMILES string of the molecule is CNC1CCCN(C(=O)Nc2ccc(Cl)c(Cl)c2)C1. The third-order valence-electron chi connectivity index (χ3n) is 3.29. The summed E-state index contributed by atoms with van der Waals surface area (Å²) in [5, 5.41) is 6.97. The number of benzene rings is 1. The van der Waals surface area contributed by atoms with E-state index in [9.17, 15) is 4.79 Å². The third kappa shape index (κ3) is 3.75. The fourth-order valence-corrected chi connectivity index (χ4v) is 2.47. The predicted molar refractivity (Wildman–Crippen MR) is 79.1 cm³/mol.